The predicted octanol–water partition coefficient (Wildman–Crippen LogP) is 1.90. The van der Waals surface area contributed by atoms with Gasteiger partial charge in [-0.05, 0) is 37.5 Å². The molecule has 5 nitrogen and oxygen atoms in total. The minimum absolute atomic E-state index is 0.0489. The number of hydrogen-bond donors (Lipinski definition) is 3. The number of hydrogen-bond acceptors (Lipinski definition) is 3. The second-order valence-corrected chi connectivity index (χ2v) is 6.14. The normalized spacial score (nSPS) is 29.5. The van der Waals surface area contributed by atoms with Crippen LogP contribution in [0.25, 0.3) is 0 Å². The summed E-state index contributed by atoms with van der Waals surface area (Å²) in [6, 6.07) is -0.639. The maximum atomic E-state index is 12.2. The van der Waals surface area contributed by atoms with Crippen LogP contribution < -0.4 is 11.1 Å². The molecule has 2 unspecified atom stereocenters. The number of aliphatic carboxylic acids is 1. The average molecular weight is 284 g/mol. The quantitative estimate of drug-likeness (QED) is 0.694. The highest BCUT2D eigenvalue weighted by Crippen LogP contribution is 2.34. The molecule has 1 aliphatic carbocycles. The molecule has 116 valence electrons. The molecule has 5 heteroatoms. The van der Waals surface area contributed by atoms with E-state index in [9.17, 15) is 14.7 Å². The summed E-state index contributed by atoms with van der Waals surface area (Å²) in [6.45, 7) is 6.00. The van der Waals surface area contributed by atoms with Crippen LogP contribution in [0, 0.1) is 11.8 Å². The summed E-state index contributed by atoms with van der Waals surface area (Å²) in [6.07, 6.45) is 4.56. The van der Waals surface area contributed by atoms with Crippen LogP contribution in [-0.4, -0.2) is 28.6 Å². The summed E-state index contributed by atoms with van der Waals surface area (Å²) in [4.78, 5) is 23.8. The summed E-state index contributed by atoms with van der Waals surface area (Å²) in [5.41, 5.74) is 4.78. The Hall–Kier alpha value is -1.10. The molecule has 20 heavy (non-hydrogen) atoms. The van der Waals surface area contributed by atoms with E-state index in [2.05, 4.69) is 12.2 Å². The molecule has 0 radical (unpaired) electrons. The van der Waals surface area contributed by atoms with Crippen molar-refractivity contribution in [1.29, 1.82) is 0 Å². The summed E-state index contributed by atoms with van der Waals surface area (Å²) in [5, 5.41) is 12.2. The van der Waals surface area contributed by atoms with E-state index >= 15 is 0 Å². The largest absolute Gasteiger partial charge is 0.480 e. The van der Waals surface area contributed by atoms with Gasteiger partial charge in [-0.3, -0.25) is 4.79 Å². The Morgan fingerprint density at radius 3 is 2.30 bits per heavy atom. The van der Waals surface area contributed by atoms with Crippen LogP contribution in [0.2, 0.25) is 0 Å². The Morgan fingerprint density at radius 2 is 1.90 bits per heavy atom. The van der Waals surface area contributed by atoms with Crippen molar-refractivity contribution in [3.8, 4) is 0 Å². The standard InChI is InChI=1S/C15H28N2O3/c1-4-10(3)12(16)13(18)17-15(14(19)20)8-6-11(5-2)7-9-15/h10-12H,4-9,16H2,1-3H3,(H,17,18)(H,19,20). The van der Waals surface area contributed by atoms with Crippen LogP contribution in [0.3, 0.4) is 0 Å². The molecule has 1 amide bonds. The third kappa shape index (κ3) is 3.72. The van der Waals surface area contributed by atoms with Crippen molar-refractivity contribution in [3.63, 3.8) is 0 Å². The monoisotopic (exact) mass is 284 g/mol. The third-order valence-electron chi connectivity index (χ3n) is 4.87. The Labute approximate surface area is 121 Å². The number of nitrogens with one attached hydrogen (secondary N) is 1. The summed E-state index contributed by atoms with van der Waals surface area (Å²) in [5.74, 6) is -0.649. The van der Waals surface area contributed by atoms with Gasteiger partial charge in [0.05, 0.1) is 6.04 Å². The number of carboxylic acids is 1. The second-order valence-electron chi connectivity index (χ2n) is 6.14. The van der Waals surface area contributed by atoms with Crippen molar-refractivity contribution in [2.75, 3.05) is 0 Å². The van der Waals surface area contributed by atoms with Gasteiger partial charge in [-0.1, -0.05) is 33.6 Å². The van der Waals surface area contributed by atoms with Gasteiger partial charge < -0.3 is 16.2 Å². The van der Waals surface area contributed by atoms with Crippen LogP contribution in [0.1, 0.15) is 59.3 Å². The average Bonchev–Trinajstić information content (AvgIpc) is 2.46. The molecule has 1 fully saturated rings. The lowest BCUT2D eigenvalue weighted by molar-refractivity contribution is -0.150. The van der Waals surface area contributed by atoms with E-state index in [1.54, 1.807) is 0 Å². The summed E-state index contributed by atoms with van der Waals surface area (Å²) >= 11 is 0. The molecule has 4 N–H and O–H groups in total. The van der Waals surface area contributed by atoms with Crippen molar-refractivity contribution in [2.24, 2.45) is 17.6 Å². The van der Waals surface area contributed by atoms with E-state index in [-0.39, 0.29) is 11.8 Å². The van der Waals surface area contributed by atoms with Crippen LogP contribution >= 0.6 is 0 Å². The molecule has 2 atom stereocenters. The predicted molar refractivity (Wildman–Crippen MR) is 78.2 cm³/mol. The first-order valence-corrected chi connectivity index (χ1v) is 7.67. The number of nitrogens with two attached hydrogens (primary N) is 1. The van der Waals surface area contributed by atoms with Crippen molar-refractivity contribution >= 4 is 11.9 Å². The first kappa shape index (κ1) is 17.0. The Balaban J connectivity index is 2.74. The summed E-state index contributed by atoms with van der Waals surface area (Å²) in [7, 11) is 0. The lowest BCUT2D eigenvalue weighted by atomic mass is 9.75. The van der Waals surface area contributed by atoms with Crippen molar-refractivity contribution in [3.05, 3.63) is 0 Å². The van der Waals surface area contributed by atoms with Gasteiger partial charge in [-0.15, -0.1) is 0 Å². The first-order chi connectivity index (χ1) is 9.36. The fourth-order valence-corrected chi connectivity index (χ4v) is 2.80. The number of carbonyl (C=O) groups excluding carboxylic acids is 1. The van der Waals surface area contributed by atoms with E-state index in [0.29, 0.717) is 18.8 Å². The zero-order valence-electron chi connectivity index (χ0n) is 12.8. The van der Waals surface area contributed by atoms with E-state index in [0.717, 1.165) is 25.7 Å². The van der Waals surface area contributed by atoms with Gasteiger partial charge in [0.15, 0.2) is 0 Å². The number of carbonyl (C=O) groups is 2. The highest BCUT2D eigenvalue weighted by molar-refractivity contribution is 5.89. The molecule has 0 aliphatic heterocycles. The molecule has 0 aromatic heterocycles. The van der Waals surface area contributed by atoms with Crippen molar-refractivity contribution in [2.45, 2.75) is 70.9 Å². The molecule has 0 aromatic rings. The maximum Gasteiger partial charge on any atom is 0.329 e. The lowest BCUT2D eigenvalue weighted by Gasteiger charge is -2.38. The van der Waals surface area contributed by atoms with Gasteiger partial charge in [0.1, 0.15) is 5.54 Å². The molecule has 0 saturated heterocycles. The fraction of sp³-hybridized carbons (Fsp3) is 0.867. The van der Waals surface area contributed by atoms with E-state index in [1.807, 2.05) is 13.8 Å². The second kappa shape index (κ2) is 7.07. The molecule has 0 spiro atoms. The molecular weight excluding hydrogens is 256 g/mol. The zero-order chi connectivity index (χ0) is 15.3. The molecule has 1 rings (SSSR count). The van der Waals surface area contributed by atoms with Gasteiger partial charge in [0, 0.05) is 0 Å². The fourth-order valence-electron chi connectivity index (χ4n) is 2.80. The van der Waals surface area contributed by atoms with Crippen LogP contribution in [0.15, 0.2) is 0 Å². The maximum absolute atomic E-state index is 12.2. The van der Waals surface area contributed by atoms with E-state index < -0.39 is 17.6 Å². The molecule has 0 aromatic carbocycles. The van der Waals surface area contributed by atoms with Crippen molar-refractivity contribution in [1.82, 2.24) is 5.32 Å². The number of carboxylic acid groups (broad SMARTS) is 1. The zero-order valence-corrected chi connectivity index (χ0v) is 12.8. The van der Waals surface area contributed by atoms with Gasteiger partial charge in [-0.2, -0.15) is 0 Å². The highest BCUT2D eigenvalue weighted by atomic mass is 16.4. The Morgan fingerprint density at radius 1 is 1.35 bits per heavy atom. The minimum Gasteiger partial charge on any atom is -0.480 e. The number of rotatable bonds is 6. The lowest BCUT2D eigenvalue weighted by Crippen LogP contribution is -2.60. The minimum atomic E-state index is -1.12. The van der Waals surface area contributed by atoms with Crippen LogP contribution in [0.4, 0.5) is 0 Å². The molecule has 0 bridgehead atoms. The smallest absolute Gasteiger partial charge is 0.329 e. The Kier molecular flexibility index (Phi) is 5.99. The van der Waals surface area contributed by atoms with Gasteiger partial charge in [-0.25, -0.2) is 4.79 Å². The van der Waals surface area contributed by atoms with Gasteiger partial charge in [0.2, 0.25) is 5.91 Å². The number of amides is 1. The molecule has 0 heterocycles. The van der Waals surface area contributed by atoms with Gasteiger partial charge in [0.25, 0.3) is 0 Å². The van der Waals surface area contributed by atoms with E-state index in [1.165, 1.54) is 0 Å². The highest BCUT2D eigenvalue weighted by Gasteiger charge is 2.43. The van der Waals surface area contributed by atoms with Crippen molar-refractivity contribution < 1.29 is 14.7 Å². The van der Waals surface area contributed by atoms with Crippen LogP contribution in [0.5, 0.6) is 0 Å². The molecule has 1 aliphatic rings. The SMILES string of the molecule is CCC1CCC(NC(=O)C(N)C(C)CC)(C(=O)O)CC1. The third-order valence-corrected chi connectivity index (χ3v) is 4.87. The van der Waals surface area contributed by atoms with E-state index in [4.69, 9.17) is 5.73 Å². The molecule has 1 saturated carbocycles. The summed E-state index contributed by atoms with van der Waals surface area (Å²) < 4.78 is 0. The van der Waals surface area contributed by atoms with Crippen LogP contribution in [-0.2, 0) is 9.59 Å². The Bertz CT molecular complexity index is 349. The molecular formula is C15H28N2O3. The topological polar surface area (TPSA) is 92.4 Å². The first-order valence-electron chi connectivity index (χ1n) is 7.67. The van der Waals surface area contributed by atoms with Gasteiger partial charge >= 0.3 is 5.97 Å².